The van der Waals surface area contributed by atoms with Crippen molar-refractivity contribution in [3.63, 3.8) is 0 Å². The second kappa shape index (κ2) is 7.19. The van der Waals surface area contributed by atoms with Crippen molar-refractivity contribution >= 4 is 18.3 Å². The van der Waals surface area contributed by atoms with Gasteiger partial charge in [0, 0.05) is 30.7 Å². The molecular formula is C14H18ClF3N2O2. The molecule has 1 saturated heterocycles. The third kappa shape index (κ3) is 5.06. The Morgan fingerprint density at radius 2 is 1.86 bits per heavy atom. The number of ether oxygens (including phenoxy) is 1. The molecule has 0 bridgehead atoms. The van der Waals surface area contributed by atoms with Crippen LogP contribution < -0.4 is 10.1 Å². The molecule has 0 aromatic heterocycles. The first-order valence-electron chi connectivity index (χ1n) is 6.66. The van der Waals surface area contributed by atoms with Crippen molar-refractivity contribution in [2.75, 3.05) is 13.1 Å². The van der Waals surface area contributed by atoms with E-state index in [1.54, 1.807) is 4.90 Å². The third-order valence-corrected chi connectivity index (χ3v) is 3.16. The van der Waals surface area contributed by atoms with E-state index in [0.29, 0.717) is 13.1 Å². The summed E-state index contributed by atoms with van der Waals surface area (Å²) in [4.78, 5) is 14.0. The molecule has 1 aliphatic rings. The van der Waals surface area contributed by atoms with Crippen molar-refractivity contribution < 1.29 is 22.7 Å². The van der Waals surface area contributed by atoms with Gasteiger partial charge in [-0.1, -0.05) is 6.07 Å². The maximum absolute atomic E-state index is 12.4. The minimum absolute atomic E-state index is 0. The van der Waals surface area contributed by atoms with Crippen molar-refractivity contribution in [3.8, 4) is 5.75 Å². The van der Waals surface area contributed by atoms with E-state index < -0.39 is 6.36 Å². The maximum Gasteiger partial charge on any atom is 0.573 e. The van der Waals surface area contributed by atoms with Crippen LogP contribution in [-0.2, 0) is 0 Å². The lowest BCUT2D eigenvalue weighted by atomic mass is 10.1. The number of halogens is 4. The first-order valence-corrected chi connectivity index (χ1v) is 6.66. The standard InChI is InChI=1S/C14H17F3N2O2.ClH/c1-9-7-19(8-10(2)18-9)13(20)11-4-3-5-12(6-11)21-14(15,16)17;/h3-6,9-10,18H,7-8H2,1-2H3;1H. The van der Waals surface area contributed by atoms with Crippen molar-refractivity contribution in [1.29, 1.82) is 0 Å². The Hall–Kier alpha value is -1.47. The molecular weight excluding hydrogens is 321 g/mol. The fraction of sp³-hybridized carbons (Fsp3) is 0.500. The number of rotatable bonds is 2. The van der Waals surface area contributed by atoms with Gasteiger partial charge in [-0.25, -0.2) is 0 Å². The molecule has 1 N–H and O–H groups in total. The summed E-state index contributed by atoms with van der Waals surface area (Å²) in [5.74, 6) is -0.674. The lowest BCUT2D eigenvalue weighted by Gasteiger charge is -2.36. The summed E-state index contributed by atoms with van der Waals surface area (Å²) in [6.45, 7) is 4.96. The number of hydrogen-bond donors (Lipinski definition) is 1. The van der Waals surface area contributed by atoms with Gasteiger partial charge in [0.15, 0.2) is 0 Å². The fourth-order valence-corrected chi connectivity index (χ4v) is 2.50. The zero-order valence-electron chi connectivity index (χ0n) is 12.2. The summed E-state index contributed by atoms with van der Waals surface area (Å²) in [7, 11) is 0. The SMILES string of the molecule is CC1CN(C(=O)c2cccc(OC(F)(F)F)c2)CC(C)N1.Cl. The quantitative estimate of drug-likeness (QED) is 0.901. The second-order valence-electron chi connectivity index (χ2n) is 5.25. The summed E-state index contributed by atoms with van der Waals surface area (Å²) in [6.07, 6.45) is -4.76. The van der Waals surface area contributed by atoms with Crippen LogP contribution >= 0.6 is 12.4 Å². The van der Waals surface area contributed by atoms with Crippen LogP contribution in [0.4, 0.5) is 13.2 Å². The van der Waals surface area contributed by atoms with Gasteiger partial charge in [-0.2, -0.15) is 0 Å². The van der Waals surface area contributed by atoms with Gasteiger partial charge in [0.25, 0.3) is 5.91 Å². The Morgan fingerprint density at radius 3 is 2.41 bits per heavy atom. The molecule has 0 radical (unpaired) electrons. The molecule has 2 unspecified atom stereocenters. The third-order valence-electron chi connectivity index (χ3n) is 3.16. The minimum Gasteiger partial charge on any atom is -0.406 e. The first-order chi connectivity index (χ1) is 9.74. The monoisotopic (exact) mass is 338 g/mol. The highest BCUT2D eigenvalue weighted by molar-refractivity contribution is 5.94. The molecule has 0 aliphatic carbocycles. The van der Waals surface area contributed by atoms with Gasteiger partial charge in [-0.15, -0.1) is 25.6 Å². The molecule has 8 heteroatoms. The second-order valence-corrected chi connectivity index (χ2v) is 5.25. The number of piperazine rings is 1. The van der Waals surface area contributed by atoms with E-state index in [1.165, 1.54) is 18.2 Å². The van der Waals surface area contributed by atoms with E-state index in [0.717, 1.165) is 6.07 Å². The molecule has 1 heterocycles. The molecule has 1 aromatic carbocycles. The lowest BCUT2D eigenvalue weighted by molar-refractivity contribution is -0.274. The van der Waals surface area contributed by atoms with E-state index in [2.05, 4.69) is 10.1 Å². The van der Waals surface area contributed by atoms with Crippen LogP contribution in [0.3, 0.4) is 0 Å². The predicted octanol–water partition coefficient (Wildman–Crippen LogP) is 2.83. The van der Waals surface area contributed by atoms with Gasteiger partial charge in [0.05, 0.1) is 0 Å². The maximum atomic E-state index is 12.4. The Kier molecular flexibility index (Phi) is 6.08. The topological polar surface area (TPSA) is 41.6 Å². The van der Waals surface area contributed by atoms with Crippen LogP contribution in [-0.4, -0.2) is 42.3 Å². The molecule has 124 valence electrons. The average molecular weight is 339 g/mol. The molecule has 22 heavy (non-hydrogen) atoms. The highest BCUT2D eigenvalue weighted by Gasteiger charge is 2.31. The Morgan fingerprint density at radius 1 is 1.27 bits per heavy atom. The van der Waals surface area contributed by atoms with Crippen LogP contribution in [0.15, 0.2) is 24.3 Å². The Bertz CT molecular complexity index is 515. The summed E-state index contributed by atoms with van der Waals surface area (Å²) < 4.78 is 40.5. The Balaban J connectivity index is 0.00000242. The van der Waals surface area contributed by atoms with Crippen molar-refractivity contribution in [1.82, 2.24) is 10.2 Å². The largest absolute Gasteiger partial charge is 0.573 e. The first kappa shape index (κ1) is 18.6. The van der Waals surface area contributed by atoms with Crippen molar-refractivity contribution in [2.24, 2.45) is 0 Å². The molecule has 2 rings (SSSR count). The zero-order valence-corrected chi connectivity index (χ0v) is 13.0. The molecule has 1 amide bonds. The summed E-state index contributed by atoms with van der Waals surface area (Å²) >= 11 is 0. The number of nitrogens with one attached hydrogen (secondary N) is 1. The van der Waals surface area contributed by atoms with Gasteiger partial charge in [0.2, 0.25) is 0 Å². The zero-order chi connectivity index (χ0) is 15.6. The van der Waals surface area contributed by atoms with Crippen LogP contribution in [0.25, 0.3) is 0 Å². The lowest BCUT2D eigenvalue weighted by Crippen LogP contribution is -2.55. The van der Waals surface area contributed by atoms with E-state index in [-0.39, 0.29) is 41.7 Å². The van der Waals surface area contributed by atoms with Crippen molar-refractivity contribution in [3.05, 3.63) is 29.8 Å². The van der Waals surface area contributed by atoms with E-state index in [9.17, 15) is 18.0 Å². The molecule has 0 spiro atoms. The van der Waals surface area contributed by atoms with Gasteiger partial charge in [0.1, 0.15) is 5.75 Å². The number of alkyl halides is 3. The van der Waals surface area contributed by atoms with Gasteiger partial charge in [-0.05, 0) is 32.0 Å². The normalized spacial score (nSPS) is 22.0. The average Bonchev–Trinajstić information content (AvgIpc) is 2.35. The fourth-order valence-electron chi connectivity index (χ4n) is 2.50. The molecule has 1 aliphatic heterocycles. The van der Waals surface area contributed by atoms with E-state index in [4.69, 9.17) is 0 Å². The van der Waals surface area contributed by atoms with Gasteiger partial charge >= 0.3 is 6.36 Å². The predicted molar refractivity (Wildman–Crippen MR) is 78.3 cm³/mol. The summed E-state index contributed by atoms with van der Waals surface area (Å²) in [5.41, 5.74) is 0.193. The molecule has 4 nitrogen and oxygen atoms in total. The highest BCUT2D eigenvalue weighted by atomic mass is 35.5. The van der Waals surface area contributed by atoms with E-state index >= 15 is 0 Å². The van der Waals surface area contributed by atoms with Gasteiger partial charge < -0.3 is 15.0 Å². The number of carbonyl (C=O) groups is 1. The number of hydrogen-bond acceptors (Lipinski definition) is 3. The number of benzene rings is 1. The van der Waals surface area contributed by atoms with Crippen LogP contribution in [0.1, 0.15) is 24.2 Å². The van der Waals surface area contributed by atoms with Crippen LogP contribution in [0.5, 0.6) is 5.75 Å². The van der Waals surface area contributed by atoms with Crippen LogP contribution in [0, 0.1) is 0 Å². The summed E-state index contributed by atoms with van der Waals surface area (Å²) in [6, 6.07) is 5.45. The molecule has 0 saturated carbocycles. The molecule has 1 fully saturated rings. The molecule has 1 aromatic rings. The highest BCUT2D eigenvalue weighted by Crippen LogP contribution is 2.24. The minimum atomic E-state index is -4.76. The van der Waals surface area contributed by atoms with Crippen LogP contribution in [0.2, 0.25) is 0 Å². The number of amides is 1. The smallest absolute Gasteiger partial charge is 0.406 e. The Labute approximate surface area is 133 Å². The summed E-state index contributed by atoms with van der Waals surface area (Å²) in [5, 5.41) is 3.29. The number of carbonyl (C=O) groups excluding carboxylic acids is 1. The molecule has 2 atom stereocenters. The van der Waals surface area contributed by atoms with E-state index in [1.807, 2.05) is 13.8 Å². The van der Waals surface area contributed by atoms with Gasteiger partial charge in [-0.3, -0.25) is 4.79 Å². The van der Waals surface area contributed by atoms with Crippen molar-refractivity contribution in [2.45, 2.75) is 32.3 Å². The number of nitrogens with zero attached hydrogens (tertiary/aromatic N) is 1.